The number of methoxy groups -OCH3 is 1. The molecular formula is C12H24N2O2. The van der Waals surface area contributed by atoms with Crippen LogP contribution >= 0.6 is 0 Å². The van der Waals surface area contributed by atoms with E-state index in [1.54, 1.807) is 7.11 Å². The molecule has 0 bridgehead atoms. The Morgan fingerprint density at radius 3 is 2.94 bits per heavy atom. The fraction of sp³-hybridized carbons (Fsp3) is 0.917. The van der Waals surface area contributed by atoms with Crippen LogP contribution in [0.2, 0.25) is 0 Å². The molecule has 1 heterocycles. The van der Waals surface area contributed by atoms with Crippen LogP contribution in [-0.4, -0.2) is 50.2 Å². The SMILES string of the molecule is COCCC(=O)N1CCNC(CC(C)C)C1. The van der Waals surface area contributed by atoms with Crippen molar-refractivity contribution in [1.29, 1.82) is 0 Å². The summed E-state index contributed by atoms with van der Waals surface area (Å²) in [7, 11) is 1.63. The molecule has 1 atom stereocenters. The molecule has 1 N–H and O–H groups in total. The van der Waals surface area contributed by atoms with Crippen LogP contribution in [0.1, 0.15) is 26.7 Å². The van der Waals surface area contributed by atoms with Gasteiger partial charge in [0.15, 0.2) is 0 Å². The van der Waals surface area contributed by atoms with Gasteiger partial charge in [0.1, 0.15) is 0 Å². The quantitative estimate of drug-likeness (QED) is 0.759. The molecule has 0 radical (unpaired) electrons. The summed E-state index contributed by atoms with van der Waals surface area (Å²) in [4.78, 5) is 13.8. The van der Waals surface area contributed by atoms with Crippen molar-refractivity contribution in [2.24, 2.45) is 5.92 Å². The fourth-order valence-electron chi connectivity index (χ4n) is 2.13. The molecule has 4 heteroatoms. The predicted octanol–water partition coefficient (Wildman–Crippen LogP) is 0.869. The molecule has 1 unspecified atom stereocenters. The summed E-state index contributed by atoms with van der Waals surface area (Å²) in [5.74, 6) is 0.892. The van der Waals surface area contributed by atoms with Gasteiger partial charge in [0, 0.05) is 32.8 Å². The number of amides is 1. The summed E-state index contributed by atoms with van der Waals surface area (Å²) in [6, 6.07) is 0.459. The average Bonchev–Trinajstić information content (AvgIpc) is 2.25. The molecule has 0 aromatic heterocycles. The zero-order valence-electron chi connectivity index (χ0n) is 10.7. The van der Waals surface area contributed by atoms with Crippen molar-refractivity contribution in [3.63, 3.8) is 0 Å². The molecule has 0 aromatic rings. The Morgan fingerprint density at radius 1 is 1.56 bits per heavy atom. The summed E-state index contributed by atoms with van der Waals surface area (Å²) in [6.45, 7) is 7.55. The first-order valence-electron chi connectivity index (χ1n) is 6.13. The fourth-order valence-corrected chi connectivity index (χ4v) is 2.13. The first-order chi connectivity index (χ1) is 7.63. The average molecular weight is 228 g/mol. The lowest BCUT2D eigenvalue weighted by atomic mass is 10.0. The van der Waals surface area contributed by atoms with Crippen molar-refractivity contribution in [3.8, 4) is 0 Å². The van der Waals surface area contributed by atoms with Gasteiger partial charge in [-0.05, 0) is 12.3 Å². The highest BCUT2D eigenvalue weighted by molar-refractivity contribution is 5.76. The van der Waals surface area contributed by atoms with Crippen LogP contribution in [-0.2, 0) is 9.53 Å². The third-order valence-electron chi connectivity index (χ3n) is 2.88. The predicted molar refractivity (Wildman–Crippen MR) is 64.3 cm³/mol. The van der Waals surface area contributed by atoms with E-state index in [1.165, 1.54) is 0 Å². The van der Waals surface area contributed by atoms with Crippen LogP contribution in [0.25, 0.3) is 0 Å². The van der Waals surface area contributed by atoms with E-state index in [0.29, 0.717) is 25.0 Å². The third kappa shape index (κ3) is 4.49. The van der Waals surface area contributed by atoms with Gasteiger partial charge in [-0.1, -0.05) is 13.8 Å². The van der Waals surface area contributed by atoms with Gasteiger partial charge < -0.3 is 15.0 Å². The van der Waals surface area contributed by atoms with Crippen LogP contribution in [0.15, 0.2) is 0 Å². The van der Waals surface area contributed by atoms with E-state index in [2.05, 4.69) is 19.2 Å². The highest BCUT2D eigenvalue weighted by Crippen LogP contribution is 2.10. The summed E-state index contributed by atoms with van der Waals surface area (Å²) in [5.41, 5.74) is 0. The minimum Gasteiger partial charge on any atom is -0.384 e. The van der Waals surface area contributed by atoms with E-state index in [0.717, 1.165) is 26.1 Å². The zero-order valence-corrected chi connectivity index (χ0v) is 10.7. The maximum absolute atomic E-state index is 11.8. The van der Waals surface area contributed by atoms with Crippen molar-refractivity contribution < 1.29 is 9.53 Å². The molecule has 0 aromatic carbocycles. The second kappa shape index (κ2) is 6.86. The standard InChI is InChI=1S/C12H24N2O2/c1-10(2)8-11-9-14(6-5-13-11)12(15)4-7-16-3/h10-11,13H,4-9H2,1-3H3. The van der Waals surface area contributed by atoms with Crippen LogP contribution < -0.4 is 5.32 Å². The summed E-state index contributed by atoms with van der Waals surface area (Å²) >= 11 is 0. The molecule has 1 rings (SSSR count). The van der Waals surface area contributed by atoms with Crippen molar-refractivity contribution in [3.05, 3.63) is 0 Å². The topological polar surface area (TPSA) is 41.6 Å². The van der Waals surface area contributed by atoms with Crippen LogP contribution in [0, 0.1) is 5.92 Å². The Balaban J connectivity index is 2.34. The second-order valence-corrected chi connectivity index (χ2v) is 4.86. The first-order valence-corrected chi connectivity index (χ1v) is 6.13. The Kier molecular flexibility index (Phi) is 5.77. The lowest BCUT2D eigenvalue weighted by molar-refractivity contribution is -0.133. The molecule has 1 saturated heterocycles. The van der Waals surface area contributed by atoms with E-state index in [-0.39, 0.29) is 5.91 Å². The normalized spacial score (nSPS) is 21.5. The molecule has 16 heavy (non-hydrogen) atoms. The van der Waals surface area contributed by atoms with Gasteiger partial charge in [0.25, 0.3) is 0 Å². The highest BCUT2D eigenvalue weighted by Gasteiger charge is 2.23. The minimum absolute atomic E-state index is 0.220. The second-order valence-electron chi connectivity index (χ2n) is 4.86. The van der Waals surface area contributed by atoms with Gasteiger partial charge in [-0.3, -0.25) is 4.79 Å². The summed E-state index contributed by atoms with van der Waals surface area (Å²) in [5, 5.41) is 3.47. The Morgan fingerprint density at radius 2 is 2.31 bits per heavy atom. The smallest absolute Gasteiger partial charge is 0.224 e. The molecule has 94 valence electrons. The van der Waals surface area contributed by atoms with Gasteiger partial charge in [0.2, 0.25) is 5.91 Å². The minimum atomic E-state index is 0.220. The lowest BCUT2D eigenvalue weighted by Gasteiger charge is -2.34. The van der Waals surface area contributed by atoms with Crippen molar-refractivity contribution in [1.82, 2.24) is 10.2 Å². The van der Waals surface area contributed by atoms with Crippen molar-refractivity contribution >= 4 is 5.91 Å². The molecule has 0 saturated carbocycles. The number of rotatable bonds is 5. The van der Waals surface area contributed by atoms with Gasteiger partial charge >= 0.3 is 0 Å². The van der Waals surface area contributed by atoms with E-state index >= 15 is 0 Å². The van der Waals surface area contributed by atoms with Gasteiger partial charge in [-0.15, -0.1) is 0 Å². The molecular weight excluding hydrogens is 204 g/mol. The molecule has 0 aliphatic carbocycles. The van der Waals surface area contributed by atoms with Gasteiger partial charge in [-0.25, -0.2) is 0 Å². The summed E-state index contributed by atoms with van der Waals surface area (Å²) in [6.07, 6.45) is 1.64. The number of hydrogen-bond donors (Lipinski definition) is 1. The van der Waals surface area contributed by atoms with Gasteiger partial charge in [0.05, 0.1) is 13.0 Å². The number of nitrogens with zero attached hydrogens (tertiary/aromatic N) is 1. The van der Waals surface area contributed by atoms with Crippen LogP contribution in [0.4, 0.5) is 0 Å². The largest absolute Gasteiger partial charge is 0.384 e. The molecule has 1 amide bonds. The molecule has 0 spiro atoms. The number of carbonyl (C=O) groups is 1. The summed E-state index contributed by atoms with van der Waals surface area (Å²) < 4.78 is 4.93. The highest BCUT2D eigenvalue weighted by atomic mass is 16.5. The van der Waals surface area contributed by atoms with Crippen molar-refractivity contribution in [2.75, 3.05) is 33.4 Å². The van der Waals surface area contributed by atoms with E-state index in [4.69, 9.17) is 4.74 Å². The molecule has 1 aliphatic rings. The van der Waals surface area contributed by atoms with Crippen LogP contribution in [0.5, 0.6) is 0 Å². The Bertz CT molecular complexity index is 219. The third-order valence-corrected chi connectivity index (χ3v) is 2.88. The maximum Gasteiger partial charge on any atom is 0.224 e. The monoisotopic (exact) mass is 228 g/mol. The van der Waals surface area contributed by atoms with Crippen molar-refractivity contribution in [2.45, 2.75) is 32.7 Å². The molecule has 1 aliphatic heterocycles. The molecule has 1 fully saturated rings. The van der Waals surface area contributed by atoms with E-state index < -0.39 is 0 Å². The van der Waals surface area contributed by atoms with Gasteiger partial charge in [-0.2, -0.15) is 0 Å². The number of hydrogen-bond acceptors (Lipinski definition) is 3. The lowest BCUT2D eigenvalue weighted by Crippen LogP contribution is -2.53. The molecule has 4 nitrogen and oxygen atoms in total. The maximum atomic E-state index is 11.8. The number of piperazine rings is 1. The van der Waals surface area contributed by atoms with Crippen LogP contribution in [0.3, 0.4) is 0 Å². The van der Waals surface area contributed by atoms with E-state index in [1.807, 2.05) is 4.90 Å². The zero-order chi connectivity index (χ0) is 12.0. The first kappa shape index (κ1) is 13.5. The Labute approximate surface area is 98.3 Å². The number of carbonyl (C=O) groups excluding carboxylic acids is 1. The van der Waals surface area contributed by atoms with E-state index in [9.17, 15) is 4.79 Å². The number of ether oxygens (including phenoxy) is 1. The Hall–Kier alpha value is -0.610. The number of nitrogens with one attached hydrogen (secondary N) is 1.